The summed E-state index contributed by atoms with van der Waals surface area (Å²) in [6.45, 7) is 10.5. The Hall–Kier alpha value is -2.03. The first-order valence-corrected chi connectivity index (χ1v) is 18.4. The Kier molecular flexibility index (Phi) is 8.45. The highest BCUT2D eigenvalue weighted by atomic mass is 35.5. The lowest BCUT2D eigenvalue weighted by Gasteiger charge is -2.55. The Bertz CT molecular complexity index is 1470. The second-order valence-electron chi connectivity index (χ2n) is 14.8. The van der Waals surface area contributed by atoms with Crippen molar-refractivity contribution in [2.24, 2.45) is 28.6 Å². The van der Waals surface area contributed by atoms with Gasteiger partial charge in [0.25, 0.3) is 5.91 Å². The van der Waals surface area contributed by atoms with Crippen LogP contribution >= 0.6 is 11.6 Å². The molecular weight excluding hydrogens is 596 g/mol. The fourth-order valence-corrected chi connectivity index (χ4v) is 10.4. The molecule has 2 saturated carbocycles. The minimum Gasteiger partial charge on any atom is -0.491 e. The van der Waals surface area contributed by atoms with E-state index in [1.165, 1.54) is 5.57 Å². The molecule has 242 valence electrons. The Morgan fingerprint density at radius 2 is 1.91 bits per heavy atom. The zero-order valence-electron chi connectivity index (χ0n) is 27.0. The van der Waals surface area contributed by atoms with Gasteiger partial charge in [-0.15, -0.1) is 0 Å². The normalized spacial score (nSPS) is 39.0. The molecule has 1 unspecified atom stereocenters. The van der Waals surface area contributed by atoms with Crippen LogP contribution in [0.5, 0.6) is 5.75 Å². The predicted octanol–water partition coefficient (Wildman–Crippen LogP) is 7.21. The minimum absolute atomic E-state index is 0.0951. The maximum absolute atomic E-state index is 13.5. The monoisotopic (exact) mass is 644 g/mol. The number of sulfonamides is 1. The quantitative estimate of drug-likeness (QED) is 0.348. The van der Waals surface area contributed by atoms with Crippen molar-refractivity contribution in [2.45, 2.75) is 96.3 Å². The van der Waals surface area contributed by atoms with Gasteiger partial charge in [-0.1, -0.05) is 43.5 Å². The third-order valence-electron chi connectivity index (χ3n) is 12.5. The lowest BCUT2D eigenvalue weighted by atomic mass is 9.52. The van der Waals surface area contributed by atoms with Gasteiger partial charge in [0.05, 0.1) is 23.1 Å². The van der Waals surface area contributed by atoms with Gasteiger partial charge in [-0.25, -0.2) is 13.1 Å². The highest BCUT2D eigenvalue weighted by Gasteiger charge is 2.55. The van der Waals surface area contributed by atoms with Crippen LogP contribution in [0.15, 0.2) is 41.0 Å². The van der Waals surface area contributed by atoms with Crippen LogP contribution in [-0.2, 0) is 14.8 Å². The van der Waals surface area contributed by atoms with Crippen LogP contribution in [0.25, 0.3) is 0 Å². The maximum atomic E-state index is 13.5. The average Bonchev–Trinajstić information content (AvgIpc) is 3.12. The number of allylic oxidation sites excluding steroid dienone is 4. The molecule has 9 heteroatoms. The topological polar surface area (TPSA) is 84.9 Å². The van der Waals surface area contributed by atoms with E-state index in [0.717, 1.165) is 87.3 Å². The number of ether oxygens (including phenoxy) is 2. The molecule has 3 aliphatic carbocycles. The molecule has 1 spiro atoms. The molecule has 5 aliphatic rings. The van der Waals surface area contributed by atoms with Gasteiger partial charge in [0.2, 0.25) is 10.0 Å². The number of amides is 1. The standard InChI is InChI=1S/C35H49ClN2O5S/c1-23-8-6-15-34(4,42-5)29-12-10-26(29)20-38-21-35(16-7-9-27-19-28(36)14-17-33(27,35)3)22-43-31-13-11-25(18-30(31)38)32(39)37-44(40,41)24(23)2/h11,13-14,18-19,23-24,26,29H,6-10,12,15-17,20-22H2,1-5H3,(H,37,39)/t23-,24+,26-,29+,33?,34-,35-/m0/s1. The number of hydrogen-bond donors (Lipinski definition) is 1. The molecule has 0 saturated heterocycles. The number of rotatable bonds is 1. The molecule has 44 heavy (non-hydrogen) atoms. The first kappa shape index (κ1) is 31.9. The first-order valence-electron chi connectivity index (χ1n) is 16.5. The van der Waals surface area contributed by atoms with Gasteiger partial charge in [-0.3, -0.25) is 4.79 Å². The van der Waals surface area contributed by atoms with Crippen molar-refractivity contribution in [1.29, 1.82) is 0 Å². The number of methoxy groups -OCH3 is 1. The number of hydrogen-bond acceptors (Lipinski definition) is 6. The van der Waals surface area contributed by atoms with E-state index in [-0.39, 0.29) is 22.3 Å². The molecular formula is C35H49ClN2O5S. The van der Waals surface area contributed by atoms with E-state index in [9.17, 15) is 13.2 Å². The molecule has 0 radical (unpaired) electrons. The van der Waals surface area contributed by atoms with Crippen molar-refractivity contribution < 1.29 is 22.7 Å². The Morgan fingerprint density at radius 3 is 2.64 bits per heavy atom. The van der Waals surface area contributed by atoms with Crippen molar-refractivity contribution >= 4 is 33.2 Å². The molecule has 2 fully saturated rings. The van der Waals surface area contributed by atoms with Gasteiger partial charge in [-0.2, -0.15) is 0 Å². The van der Waals surface area contributed by atoms with Crippen molar-refractivity contribution in [3.63, 3.8) is 0 Å². The van der Waals surface area contributed by atoms with Crippen molar-refractivity contribution in [2.75, 3.05) is 31.7 Å². The van der Waals surface area contributed by atoms with Crippen molar-refractivity contribution in [3.05, 3.63) is 46.5 Å². The number of benzene rings is 1. The summed E-state index contributed by atoms with van der Waals surface area (Å²) in [5.74, 6) is 0.906. The third-order valence-corrected chi connectivity index (χ3v) is 14.7. The van der Waals surface area contributed by atoms with E-state index in [2.05, 4.69) is 35.6 Å². The van der Waals surface area contributed by atoms with Gasteiger partial charge >= 0.3 is 0 Å². The van der Waals surface area contributed by atoms with Crippen molar-refractivity contribution in [3.8, 4) is 5.75 Å². The van der Waals surface area contributed by atoms with E-state index >= 15 is 0 Å². The summed E-state index contributed by atoms with van der Waals surface area (Å²) in [4.78, 5) is 15.9. The molecule has 2 aliphatic heterocycles. The molecule has 7 nitrogen and oxygen atoms in total. The lowest BCUT2D eigenvalue weighted by molar-refractivity contribution is -0.103. The number of nitrogens with zero attached hydrogens (tertiary/aromatic N) is 1. The number of carbonyl (C=O) groups excluding carboxylic acids is 1. The molecule has 1 aromatic rings. The van der Waals surface area contributed by atoms with Crippen LogP contribution in [0.2, 0.25) is 0 Å². The Morgan fingerprint density at radius 1 is 1.11 bits per heavy atom. The van der Waals surface area contributed by atoms with E-state index in [1.54, 1.807) is 13.0 Å². The number of fused-ring (bicyclic) bond motifs is 4. The second-order valence-corrected chi connectivity index (χ2v) is 17.3. The van der Waals surface area contributed by atoms with Gasteiger partial charge in [0.1, 0.15) is 5.75 Å². The van der Waals surface area contributed by atoms with Crippen LogP contribution in [0.3, 0.4) is 0 Å². The second kappa shape index (κ2) is 11.6. The number of anilines is 1. The van der Waals surface area contributed by atoms with E-state index < -0.39 is 21.2 Å². The Balaban J connectivity index is 1.43. The maximum Gasteiger partial charge on any atom is 0.264 e. The van der Waals surface area contributed by atoms with Gasteiger partial charge in [0.15, 0.2) is 0 Å². The summed E-state index contributed by atoms with van der Waals surface area (Å²) in [5.41, 5.74) is 2.09. The van der Waals surface area contributed by atoms with E-state index in [4.69, 9.17) is 21.1 Å². The Labute approximate surface area is 268 Å². The summed E-state index contributed by atoms with van der Waals surface area (Å²) >= 11 is 6.53. The van der Waals surface area contributed by atoms with Gasteiger partial charge in [-0.05, 0) is 107 Å². The minimum atomic E-state index is -3.87. The molecule has 0 aromatic heterocycles. The number of halogens is 1. The fourth-order valence-electron chi connectivity index (χ4n) is 8.91. The van der Waals surface area contributed by atoms with Gasteiger partial charge in [0, 0.05) is 41.6 Å². The molecule has 1 amide bonds. The van der Waals surface area contributed by atoms with E-state index in [1.807, 2.05) is 26.2 Å². The largest absolute Gasteiger partial charge is 0.491 e. The highest BCUT2D eigenvalue weighted by molar-refractivity contribution is 7.90. The van der Waals surface area contributed by atoms with Crippen LogP contribution in [-0.4, -0.2) is 52.0 Å². The zero-order valence-corrected chi connectivity index (χ0v) is 28.5. The molecule has 2 bridgehead atoms. The molecule has 2 heterocycles. The fraction of sp³-hybridized carbons (Fsp3) is 0.686. The summed E-state index contributed by atoms with van der Waals surface area (Å²) in [7, 11) is -2.04. The van der Waals surface area contributed by atoms with Crippen molar-refractivity contribution in [1.82, 2.24) is 4.72 Å². The van der Waals surface area contributed by atoms with Crippen LogP contribution in [0, 0.1) is 28.6 Å². The number of nitrogens with one attached hydrogen (secondary N) is 1. The van der Waals surface area contributed by atoms with Crippen LogP contribution in [0.4, 0.5) is 5.69 Å². The summed E-state index contributed by atoms with van der Waals surface area (Å²) in [6, 6.07) is 5.40. The average molecular weight is 645 g/mol. The molecule has 6 rings (SSSR count). The summed E-state index contributed by atoms with van der Waals surface area (Å²) in [6.07, 6.45) is 13.1. The molecule has 7 atom stereocenters. The third kappa shape index (κ3) is 5.41. The lowest BCUT2D eigenvalue weighted by Crippen LogP contribution is -2.56. The van der Waals surface area contributed by atoms with Crippen LogP contribution < -0.4 is 14.4 Å². The summed E-state index contributed by atoms with van der Waals surface area (Å²) in [5, 5.41) is 0.125. The zero-order chi connectivity index (χ0) is 31.5. The summed E-state index contributed by atoms with van der Waals surface area (Å²) < 4.78 is 42.0. The predicted molar refractivity (Wildman–Crippen MR) is 176 cm³/mol. The highest BCUT2D eigenvalue weighted by Crippen LogP contribution is 2.60. The van der Waals surface area contributed by atoms with Gasteiger partial charge < -0.3 is 14.4 Å². The molecule has 1 aromatic carbocycles. The smallest absolute Gasteiger partial charge is 0.264 e. The SMILES string of the molecule is CO[C@@]1(C)CCC[C@H](C)[C@@H](C)S(=O)(=O)NC(=O)c2ccc3c(c2)N(C[C@@H]2CC[C@H]21)C[C@@]1(CCCC2=CC(Cl)=CCC21C)CO3. The van der Waals surface area contributed by atoms with E-state index in [0.29, 0.717) is 24.0 Å². The first-order chi connectivity index (χ1) is 20.8. The van der Waals surface area contributed by atoms with Crippen LogP contribution in [0.1, 0.15) is 95.8 Å². The molecule has 1 N–H and O–H groups in total. The number of carbonyl (C=O) groups is 1.